The highest BCUT2D eigenvalue weighted by molar-refractivity contribution is 5.85. The lowest BCUT2D eigenvalue weighted by Gasteiger charge is -2.35. The van der Waals surface area contributed by atoms with Crippen LogP contribution in [0.3, 0.4) is 0 Å². The lowest BCUT2D eigenvalue weighted by molar-refractivity contribution is -0.274. The van der Waals surface area contributed by atoms with Gasteiger partial charge < -0.3 is 10.1 Å². The summed E-state index contributed by atoms with van der Waals surface area (Å²) in [5.74, 6) is -0.388. The number of ether oxygens (including phenoxy) is 1. The molecule has 0 saturated carbocycles. The Kier molecular flexibility index (Phi) is 10.1. The molecule has 0 bridgehead atoms. The van der Waals surface area contributed by atoms with Crippen molar-refractivity contribution in [1.29, 1.82) is 0 Å². The fourth-order valence-electron chi connectivity index (χ4n) is 2.75. The molecule has 1 atom stereocenters. The second-order valence-corrected chi connectivity index (χ2v) is 5.57. The molecule has 2 rings (SSSR count). The van der Waals surface area contributed by atoms with Gasteiger partial charge in [0.15, 0.2) is 0 Å². The minimum Gasteiger partial charge on any atom is -0.406 e. The Bertz CT molecular complexity index is 518. The average Bonchev–Trinajstić information content (AvgIpc) is 2.47. The first-order chi connectivity index (χ1) is 11.1. The van der Waals surface area contributed by atoms with Crippen molar-refractivity contribution in [3.63, 3.8) is 0 Å². The zero-order chi connectivity index (χ0) is 17.8. The highest BCUT2D eigenvalue weighted by atomic mass is 35.5. The van der Waals surface area contributed by atoms with Crippen molar-refractivity contribution in [2.24, 2.45) is 0 Å². The van der Waals surface area contributed by atoms with Gasteiger partial charge in [-0.15, -0.1) is 38.0 Å². The smallest absolute Gasteiger partial charge is 0.406 e. The maximum absolute atomic E-state index is 12.6. The minimum absolute atomic E-state index is 0. The Balaban J connectivity index is 0.00000312. The van der Waals surface area contributed by atoms with Crippen LogP contribution in [0, 0.1) is 0 Å². The maximum Gasteiger partial charge on any atom is 0.573 e. The highest BCUT2D eigenvalue weighted by Crippen LogP contribution is 2.33. The van der Waals surface area contributed by atoms with Gasteiger partial charge in [-0.1, -0.05) is 12.1 Å². The van der Waals surface area contributed by atoms with Gasteiger partial charge in [0.05, 0.1) is 0 Å². The van der Waals surface area contributed by atoms with Crippen LogP contribution >= 0.6 is 24.8 Å². The van der Waals surface area contributed by atoms with Crippen LogP contribution < -0.4 is 10.1 Å². The molecule has 0 aliphatic carbocycles. The average molecular weight is 429 g/mol. The summed E-state index contributed by atoms with van der Waals surface area (Å²) in [5.41, 5.74) is 0.552. The van der Waals surface area contributed by atoms with Crippen LogP contribution in [-0.2, 0) is 0 Å². The standard InChI is InChI=1S/C15H18F6N2O.2ClH/c16-14(17,18)6-5-13(23-9-7-22-8-10-23)11-1-3-12(4-2-11)24-15(19,20)21;;/h1-4,13,22H,5-10H2;2*1H/t13-;;/m1../s1. The number of nitrogens with zero attached hydrogens (tertiary/aromatic N) is 1. The van der Waals surface area contributed by atoms with Crippen molar-refractivity contribution in [2.45, 2.75) is 31.4 Å². The fourth-order valence-corrected chi connectivity index (χ4v) is 2.75. The van der Waals surface area contributed by atoms with Crippen LogP contribution in [0.1, 0.15) is 24.4 Å². The summed E-state index contributed by atoms with van der Waals surface area (Å²) < 4.78 is 78.1. The minimum atomic E-state index is -4.80. The molecule has 0 aromatic heterocycles. The Morgan fingerprint density at radius 2 is 1.50 bits per heavy atom. The molecule has 1 aromatic carbocycles. The second kappa shape index (κ2) is 10.4. The predicted molar refractivity (Wildman–Crippen MR) is 90.1 cm³/mol. The summed E-state index contributed by atoms with van der Waals surface area (Å²) in [6.07, 6.45) is -10.1. The van der Waals surface area contributed by atoms with E-state index < -0.39 is 25.0 Å². The van der Waals surface area contributed by atoms with E-state index in [9.17, 15) is 26.3 Å². The number of halogens is 8. The van der Waals surface area contributed by atoms with Crippen LogP contribution in [-0.4, -0.2) is 43.6 Å². The maximum atomic E-state index is 12.6. The summed E-state index contributed by atoms with van der Waals surface area (Å²) in [7, 11) is 0. The molecular weight excluding hydrogens is 409 g/mol. The summed E-state index contributed by atoms with van der Waals surface area (Å²) in [6.45, 7) is 2.50. The quantitative estimate of drug-likeness (QED) is 0.686. The molecule has 0 radical (unpaired) electrons. The van der Waals surface area contributed by atoms with Crippen molar-refractivity contribution < 1.29 is 31.1 Å². The van der Waals surface area contributed by atoms with E-state index >= 15 is 0 Å². The lowest BCUT2D eigenvalue weighted by Crippen LogP contribution is -2.45. The fraction of sp³-hybridized carbons (Fsp3) is 0.600. The van der Waals surface area contributed by atoms with E-state index in [1.165, 1.54) is 12.1 Å². The zero-order valence-electron chi connectivity index (χ0n) is 13.6. The topological polar surface area (TPSA) is 24.5 Å². The number of rotatable bonds is 5. The number of benzene rings is 1. The molecule has 0 unspecified atom stereocenters. The van der Waals surface area contributed by atoms with Gasteiger partial charge >= 0.3 is 12.5 Å². The molecule has 1 aliphatic rings. The van der Waals surface area contributed by atoms with Crippen molar-refractivity contribution >= 4 is 24.8 Å². The molecular formula is C15H20Cl2F6N2O. The van der Waals surface area contributed by atoms with Gasteiger partial charge in [-0.2, -0.15) is 13.2 Å². The first-order valence-corrected chi connectivity index (χ1v) is 7.51. The first kappa shape index (κ1) is 25.1. The zero-order valence-corrected chi connectivity index (χ0v) is 15.2. The lowest BCUT2D eigenvalue weighted by atomic mass is 9.99. The van der Waals surface area contributed by atoms with Gasteiger partial charge in [-0.25, -0.2) is 0 Å². The molecule has 1 aromatic rings. The second-order valence-electron chi connectivity index (χ2n) is 5.57. The molecule has 11 heteroatoms. The van der Waals surface area contributed by atoms with Crippen LogP contribution in [0.15, 0.2) is 24.3 Å². The molecule has 0 spiro atoms. The van der Waals surface area contributed by atoms with Crippen molar-refractivity contribution in [2.75, 3.05) is 26.2 Å². The van der Waals surface area contributed by atoms with Crippen molar-refractivity contribution in [3.8, 4) is 5.75 Å². The molecule has 1 saturated heterocycles. The van der Waals surface area contributed by atoms with E-state index in [0.29, 0.717) is 31.7 Å². The monoisotopic (exact) mass is 428 g/mol. The van der Waals surface area contributed by atoms with Crippen molar-refractivity contribution in [3.05, 3.63) is 29.8 Å². The van der Waals surface area contributed by atoms with E-state index in [1.54, 1.807) is 0 Å². The van der Waals surface area contributed by atoms with Gasteiger partial charge in [0.2, 0.25) is 0 Å². The van der Waals surface area contributed by atoms with Gasteiger partial charge in [0.25, 0.3) is 0 Å². The molecule has 3 nitrogen and oxygen atoms in total. The number of nitrogens with one attached hydrogen (secondary N) is 1. The molecule has 152 valence electrons. The summed E-state index contributed by atoms with van der Waals surface area (Å²) in [6, 6.07) is 4.56. The highest BCUT2D eigenvalue weighted by Gasteiger charge is 2.32. The van der Waals surface area contributed by atoms with E-state index in [0.717, 1.165) is 12.1 Å². The van der Waals surface area contributed by atoms with E-state index in [4.69, 9.17) is 0 Å². The molecule has 1 heterocycles. The van der Waals surface area contributed by atoms with E-state index in [2.05, 4.69) is 10.1 Å². The summed E-state index contributed by atoms with van der Waals surface area (Å²) in [5, 5.41) is 3.12. The molecule has 26 heavy (non-hydrogen) atoms. The SMILES string of the molecule is Cl.Cl.FC(F)(F)CC[C@H](c1ccc(OC(F)(F)F)cc1)N1CCNCC1. The third-order valence-corrected chi connectivity index (χ3v) is 3.79. The first-order valence-electron chi connectivity index (χ1n) is 7.51. The third kappa shape index (κ3) is 8.66. The van der Waals surface area contributed by atoms with Crippen LogP contribution in [0.5, 0.6) is 5.75 Å². The van der Waals surface area contributed by atoms with Crippen LogP contribution in [0.25, 0.3) is 0 Å². The van der Waals surface area contributed by atoms with Gasteiger partial charge in [-0.3, -0.25) is 4.90 Å². The third-order valence-electron chi connectivity index (χ3n) is 3.79. The Morgan fingerprint density at radius 3 is 1.96 bits per heavy atom. The van der Waals surface area contributed by atoms with Gasteiger partial charge in [-0.05, 0) is 24.1 Å². The Morgan fingerprint density at radius 1 is 0.962 bits per heavy atom. The van der Waals surface area contributed by atoms with E-state index in [-0.39, 0.29) is 37.0 Å². The number of hydrogen-bond acceptors (Lipinski definition) is 3. The predicted octanol–water partition coefficient (Wildman–Crippen LogP) is 4.72. The van der Waals surface area contributed by atoms with Gasteiger partial charge in [0, 0.05) is 38.6 Å². The number of hydrogen-bond donors (Lipinski definition) is 1. The Labute approximate surface area is 159 Å². The van der Waals surface area contributed by atoms with Crippen LogP contribution in [0.2, 0.25) is 0 Å². The number of piperazine rings is 1. The molecule has 1 N–H and O–H groups in total. The molecule has 0 amide bonds. The Hall–Kier alpha value is -0.900. The van der Waals surface area contributed by atoms with Crippen LogP contribution in [0.4, 0.5) is 26.3 Å². The largest absolute Gasteiger partial charge is 0.573 e. The van der Waals surface area contributed by atoms with Gasteiger partial charge in [0.1, 0.15) is 5.75 Å². The summed E-state index contributed by atoms with van der Waals surface area (Å²) >= 11 is 0. The van der Waals surface area contributed by atoms with E-state index in [1.807, 2.05) is 4.90 Å². The molecule has 1 fully saturated rings. The normalized spacial score (nSPS) is 17.0. The molecule has 1 aliphatic heterocycles. The summed E-state index contributed by atoms with van der Waals surface area (Å²) in [4.78, 5) is 1.92. The van der Waals surface area contributed by atoms with Crippen molar-refractivity contribution in [1.82, 2.24) is 10.2 Å². The number of alkyl halides is 6.